The topological polar surface area (TPSA) is 13.1 Å². The number of hydrogen-bond donors (Lipinski definition) is 0. The number of benzene rings is 2. The summed E-state index contributed by atoms with van der Waals surface area (Å²) >= 11 is 0. The molecule has 0 amide bonds. The average molecular weight is 210 g/mol. The largest absolute Gasteiger partial charge is 0.456 e. The van der Waals surface area contributed by atoms with Gasteiger partial charge in [-0.05, 0) is 23.6 Å². The smallest absolute Gasteiger partial charge is 0.135 e. The maximum atomic E-state index is 5.84. The van der Waals surface area contributed by atoms with Crippen LogP contribution < -0.4 is 0 Å². The van der Waals surface area contributed by atoms with Crippen molar-refractivity contribution in [1.82, 2.24) is 0 Å². The molecule has 80 valence electrons. The van der Waals surface area contributed by atoms with Crippen LogP contribution >= 0.6 is 0 Å². The van der Waals surface area contributed by atoms with E-state index in [2.05, 4.69) is 38.1 Å². The first-order chi connectivity index (χ1) is 7.77. The standard InChI is InChI=1S/C15H14O/c1-10(2)11-7-5-9-14-15(11)12-6-3-4-8-13(12)16-14/h3-10H,1-2H3. The van der Waals surface area contributed by atoms with Gasteiger partial charge in [-0.25, -0.2) is 0 Å². The quantitative estimate of drug-likeness (QED) is 0.567. The highest BCUT2D eigenvalue weighted by atomic mass is 16.3. The second-order valence-electron chi connectivity index (χ2n) is 4.47. The van der Waals surface area contributed by atoms with Crippen LogP contribution in [0.15, 0.2) is 46.9 Å². The molecule has 0 saturated carbocycles. The first-order valence-corrected chi connectivity index (χ1v) is 5.67. The number of hydrogen-bond acceptors (Lipinski definition) is 1. The first-order valence-electron chi connectivity index (χ1n) is 5.67. The minimum absolute atomic E-state index is 0.518. The Hall–Kier alpha value is -1.76. The molecule has 0 saturated heterocycles. The number of para-hydroxylation sites is 1. The van der Waals surface area contributed by atoms with Crippen molar-refractivity contribution in [3.05, 3.63) is 48.0 Å². The van der Waals surface area contributed by atoms with Gasteiger partial charge in [-0.1, -0.05) is 44.2 Å². The van der Waals surface area contributed by atoms with Gasteiger partial charge in [0.15, 0.2) is 0 Å². The fourth-order valence-electron chi connectivity index (χ4n) is 2.28. The summed E-state index contributed by atoms with van der Waals surface area (Å²) in [4.78, 5) is 0. The van der Waals surface area contributed by atoms with Crippen LogP contribution in [0.1, 0.15) is 25.3 Å². The van der Waals surface area contributed by atoms with Gasteiger partial charge in [0.1, 0.15) is 11.2 Å². The Morgan fingerprint density at radius 1 is 0.875 bits per heavy atom. The maximum absolute atomic E-state index is 5.84. The fraction of sp³-hybridized carbons (Fsp3) is 0.200. The lowest BCUT2D eigenvalue weighted by Crippen LogP contribution is -1.87. The lowest BCUT2D eigenvalue weighted by atomic mass is 9.97. The number of fused-ring (bicyclic) bond motifs is 3. The van der Waals surface area contributed by atoms with Crippen molar-refractivity contribution < 1.29 is 4.42 Å². The summed E-state index contributed by atoms with van der Waals surface area (Å²) in [5.41, 5.74) is 3.33. The van der Waals surface area contributed by atoms with Crippen LogP contribution in [-0.4, -0.2) is 0 Å². The summed E-state index contributed by atoms with van der Waals surface area (Å²) in [5.74, 6) is 0.518. The molecule has 0 spiro atoms. The van der Waals surface area contributed by atoms with Crippen molar-refractivity contribution >= 4 is 21.9 Å². The van der Waals surface area contributed by atoms with Crippen molar-refractivity contribution in [3.63, 3.8) is 0 Å². The summed E-state index contributed by atoms with van der Waals surface area (Å²) in [6, 6.07) is 14.5. The highest BCUT2D eigenvalue weighted by Crippen LogP contribution is 2.34. The third-order valence-corrected chi connectivity index (χ3v) is 3.06. The molecule has 0 unspecified atom stereocenters. The van der Waals surface area contributed by atoms with Crippen LogP contribution in [-0.2, 0) is 0 Å². The lowest BCUT2D eigenvalue weighted by Gasteiger charge is -2.06. The zero-order valence-electron chi connectivity index (χ0n) is 9.53. The zero-order chi connectivity index (χ0) is 11.1. The molecule has 0 bridgehead atoms. The van der Waals surface area contributed by atoms with E-state index in [1.54, 1.807) is 0 Å². The van der Waals surface area contributed by atoms with E-state index >= 15 is 0 Å². The highest BCUT2D eigenvalue weighted by molar-refractivity contribution is 6.06. The zero-order valence-corrected chi connectivity index (χ0v) is 9.53. The predicted octanol–water partition coefficient (Wildman–Crippen LogP) is 4.71. The van der Waals surface area contributed by atoms with Crippen molar-refractivity contribution in [2.24, 2.45) is 0 Å². The van der Waals surface area contributed by atoms with Gasteiger partial charge in [0.05, 0.1) is 0 Å². The van der Waals surface area contributed by atoms with E-state index in [9.17, 15) is 0 Å². The molecule has 2 aromatic carbocycles. The Morgan fingerprint density at radius 3 is 2.44 bits per heavy atom. The van der Waals surface area contributed by atoms with Crippen LogP contribution in [0.4, 0.5) is 0 Å². The van der Waals surface area contributed by atoms with Crippen LogP contribution in [0.3, 0.4) is 0 Å². The Kier molecular flexibility index (Phi) is 2.00. The molecule has 3 aromatic rings. The second-order valence-corrected chi connectivity index (χ2v) is 4.47. The van der Waals surface area contributed by atoms with Gasteiger partial charge in [-0.3, -0.25) is 0 Å². The van der Waals surface area contributed by atoms with E-state index in [-0.39, 0.29) is 0 Å². The SMILES string of the molecule is CC(C)c1cccc2oc3ccccc3c12. The van der Waals surface area contributed by atoms with Gasteiger partial charge in [-0.2, -0.15) is 0 Å². The molecule has 3 rings (SSSR count). The molecule has 0 atom stereocenters. The molecule has 1 nitrogen and oxygen atoms in total. The van der Waals surface area contributed by atoms with Crippen LogP contribution in [0, 0.1) is 0 Å². The fourth-order valence-corrected chi connectivity index (χ4v) is 2.28. The van der Waals surface area contributed by atoms with E-state index in [1.807, 2.05) is 18.2 Å². The average Bonchev–Trinajstić information content (AvgIpc) is 2.66. The van der Waals surface area contributed by atoms with Crippen LogP contribution in [0.25, 0.3) is 21.9 Å². The van der Waals surface area contributed by atoms with E-state index in [4.69, 9.17) is 4.42 Å². The Morgan fingerprint density at radius 2 is 1.62 bits per heavy atom. The Balaban J connectivity index is 2.53. The summed E-state index contributed by atoms with van der Waals surface area (Å²) < 4.78 is 5.84. The predicted molar refractivity (Wildman–Crippen MR) is 67.8 cm³/mol. The summed E-state index contributed by atoms with van der Waals surface area (Å²) in [7, 11) is 0. The third-order valence-electron chi connectivity index (χ3n) is 3.06. The first kappa shape index (κ1) is 9.46. The molecule has 0 aliphatic heterocycles. The molecule has 0 aliphatic carbocycles. The third kappa shape index (κ3) is 1.25. The molecular weight excluding hydrogens is 196 g/mol. The summed E-state index contributed by atoms with van der Waals surface area (Å²) in [5, 5.41) is 2.50. The number of furan rings is 1. The normalized spacial score (nSPS) is 11.7. The minimum atomic E-state index is 0.518. The molecule has 16 heavy (non-hydrogen) atoms. The molecule has 1 heteroatoms. The summed E-state index contributed by atoms with van der Waals surface area (Å²) in [6.45, 7) is 4.44. The van der Waals surface area contributed by atoms with Crippen LogP contribution in [0.5, 0.6) is 0 Å². The van der Waals surface area contributed by atoms with E-state index < -0.39 is 0 Å². The van der Waals surface area contributed by atoms with Gasteiger partial charge in [0, 0.05) is 10.8 Å². The highest BCUT2D eigenvalue weighted by Gasteiger charge is 2.11. The lowest BCUT2D eigenvalue weighted by molar-refractivity contribution is 0.668. The number of rotatable bonds is 1. The van der Waals surface area contributed by atoms with Crippen molar-refractivity contribution in [3.8, 4) is 0 Å². The maximum Gasteiger partial charge on any atom is 0.135 e. The molecule has 1 aromatic heterocycles. The monoisotopic (exact) mass is 210 g/mol. The van der Waals surface area contributed by atoms with E-state index in [0.717, 1.165) is 11.2 Å². The van der Waals surface area contributed by atoms with Crippen molar-refractivity contribution in [1.29, 1.82) is 0 Å². The van der Waals surface area contributed by atoms with Crippen molar-refractivity contribution in [2.45, 2.75) is 19.8 Å². The van der Waals surface area contributed by atoms with Crippen molar-refractivity contribution in [2.75, 3.05) is 0 Å². The van der Waals surface area contributed by atoms with Gasteiger partial charge in [-0.15, -0.1) is 0 Å². The van der Waals surface area contributed by atoms with Gasteiger partial charge >= 0.3 is 0 Å². The van der Waals surface area contributed by atoms with E-state index in [0.29, 0.717) is 5.92 Å². The summed E-state index contributed by atoms with van der Waals surface area (Å²) in [6.07, 6.45) is 0. The molecular formula is C15H14O. The van der Waals surface area contributed by atoms with Gasteiger partial charge in [0.25, 0.3) is 0 Å². The van der Waals surface area contributed by atoms with Gasteiger partial charge < -0.3 is 4.42 Å². The second kappa shape index (κ2) is 3.38. The van der Waals surface area contributed by atoms with Crippen LogP contribution in [0.2, 0.25) is 0 Å². The Bertz CT molecular complexity index is 647. The molecule has 0 radical (unpaired) electrons. The molecule has 0 fully saturated rings. The molecule has 1 heterocycles. The molecule has 0 aliphatic rings. The van der Waals surface area contributed by atoms with Gasteiger partial charge in [0.2, 0.25) is 0 Å². The van der Waals surface area contributed by atoms with E-state index in [1.165, 1.54) is 16.3 Å². The Labute approximate surface area is 94.7 Å². The minimum Gasteiger partial charge on any atom is -0.456 e. The molecule has 0 N–H and O–H groups in total.